The topological polar surface area (TPSA) is 3.24 Å². The molecular weight excluding hydrogens is 206 g/mol. The van der Waals surface area contributed by atoms with Gasteiger partial charge in [0.25, 0.3) is 0 Å². The van der Waals surface area contributed by atoms with E-state index in [2.05, 4.69) is 62.9 Å². The first-order valence-corrected chi connectivity index (χ1v) is 6.90. The van der Waals surface area contributed by atoms with E-state index < -0.39 is 0 Å². The molecule has 0 spiro atoms. The molecule has 94 valence electrons. The van der Waals surface area contributed by atoms with E-state index in [-0.39, 0.29) is 0 Å². The molecule has 0 saturated carbocycles. The molecule has 1 fully saturated rings. The van der Waals surface area contributed by atoms with Gasteiger partial charge in [0, 0.05) is 18.6 Å². The Morgan fingerprint density at radius 1 is 1.06 bits per heavy atom. The van der Waals surface area contributed by atoms with E-state index in [4.69, 9.17) is 0 Å². The van der Waals surface area contributed by atoms with Crippen molar-refractivity contribution in [2.24, 2.45) is 5.92 Å². The minimum absolute atomic E-state index is 0.663. The van der Waals surface area contributed by atoms with Crippen molar-refractivity contribution in [1.82, 2.24) is 4.90 Å². The van der Waals surface area contributed by atoms with Crippen LogP contribution in [-0.4, -0.2) is 23.5 Å². The van der Waals surface area contributed by atoms with Crippen molar-refractivity contribution < 1.29 is 0 Å². The van der Waals surface area contributed by atoms with Crippen LogP contribution in [0, 0.1) is 5.92 Å². The van der Waals surface area contributed by atoms with E-state index in [1.54, 1.807) is 0 Å². The zero-order valence-electron chi connectivity index (χ0n) is 11.6. The quantitative estimate of drug-likeness (QED) is 0.762. The van der Waals surface area contributed by atoms with Gasteiger partial charge in [0.05, 0.1) is 0 Å². The van der Waals surface area contributed by atoms with Crippen LogP contribution in [-0.2, 0) is 0 Å². The molecule has 0 aromatic heterocycles. The maximum atomic E-state index is 2.68. The molecule has 1 heteroatoms. The van der Waals surface area contributed by atoms with Gasteiger partial charge in [-0.05, 0) is 37.7 Å². The highest BCUT2D eigenvalue weighted by Crippen LogP contribution is 2.35. The Kier molecular flexibility index (Phi) is 3.88. The van der Waals surface area contributed by atoms with Crippen molar-refractivity contribution in [1.29, 1.82) is 0 Å². The van der Waals surface area contributed by atoms with Crippen molar-refractivity contribution in [3.8, 4) is 0 Å². The fourth-order valence-electron chi connectivity index (χ4n) is 3.11. The molecule has 1 heterocycles. The number of rotatable bonds is 3. The van der Waals surface area contributed by atoms with Crippen LogP contribution in [0.4, 0.5) is 0 Å². The molecule has 1 saturated heterocycles. The van der Waals surface area contributed by atoms with Gasteiger partial charge in [-0.3, -0.25) is 4.90 Å². The van der Waals surface area contributed by atoms with Crippen molar-refractivity contribution in [3.05, 3.63) is 35.9 Å². The molecule has 0 N–H and O–H groups in total. The van der Waals surface area contributed by atoms with E-state index in [9.17, 15) is 0 Å². The standard InChI is InChI=1S/C16H25N/c1-12(2)16-10-15(11-17(16)13(3)4)14-8-6-5-7-9-14/h5-9,12-13,15-16H,10-11H2,1-4H3. The highest BCUT2D eigenvalue weighted by molar-refractivity contribution is 5.22. The molecule has 1 aliphatic rings. The monoisotopic (exact) mass is 231 g/mol. The first kappa shape index (κ1) is 12.6. The molecule has 2 unspecified atom stereocenters. The molecule has 0 amide bonds. The lowest BCUT2D eigenvalue weighted by Gasteiger charge is -2.30. The zero-order chi connectivity index (χ0) is 12.4. The molecule has 1 nitrogen and oxygen atoms in total. The smallest absolute Gasteiger partial charge is 0.0127 e. The van der Waals surface area contributed by atoms with Crippen LogP contribution in [0.5, 0.6) is 0 Å². The van der Waals surface area contributed by atoms with Gasteiger partial charge in [0.1, 0.15) is 0 Å². The molecule has 2 atom stereocenters. The fraction of sp³-hybridized carbons (Fsp3) is 0.625. The van der Waals surface area contributed by atoms with Gasteiger partial charge in [0.2, 0.25) is 0 Å². The maximum Gasteiger partial charge on any atom is 0.0127 e. The number of hydrogen-bond donors (Lipinski definition) is 0. The SMILES string of the molecule is CC(C)C1CC(c2ccccc2)CN1C(C)C. The van der Waals surface area contributed by atoms with Gasteiger partial charge in [-0.15, -0.1) is 0 Å². The Balaban J connectivity index is 2.14. The molecule has 0 bridgehead atoms. The van der Waals surface area contributed by atoms with Gasteiger partial charge in [-0.1, -0.05) is 44.2 Å². The molecular formula is C16H25N. The average molecular weight is 231 g/mol. The minimum atomic E-state index is 0.663. The van der Waals surface area contributed by atoms with Crippen LogP contribution < -0.4 is 0 Å². The average Bonchev–Trinajstić information content (AvgIpc) is 2.75. The second-order valence-corrected chi connectivity index (χ2v) is 5.95. The van der Waals surface area contributed by atoms with Crippen LogP contribution >= 0.6 is 0 Å². The predicted octanol–water partition coefficient (Wildman–Crippen LogP) is 3.91. The summed E-state index contributed by atoms with van der Waals surface area (Å²) in [6.07, 6.45) is 1.32. The van der Waals surface area contributed by atoms with Gasteiger partial charge < -0.3 is 0 Å². The van der Waals surface area contributed by atoms with E-state index in [0.717, 1.165) is 17.9 Å². The highest BCUT2D eigenvalue weighted by atomic mass is 15.2. The summed E-state index contributed by atoms with van der Waals surface area (Å²) < 4.78 is 0. The number of likely N-dealkylation sites (tertiary alicyclic amines) is 1. The van der Waals surface area contributed by atoms with Crippen molar-refractivity contribution >= 4 is 0 Å². The largest absolute Gasteiger partial charge is 0.297 e. The Bertz CT molecular complexity index is 326. The predicted molar refractivity (Wildman–Crippen MR) is 74.3 cm³/mol. The summed E-state index contributed by atoms with van der Waals surface area (Å²) in [4.78, 5) is 2.68. The second kappa shape index (κ2) is 5.22. The first-order valence-electron chi connectivity index (χ1n) is 6.90. The van der Waals surface area contributed by atoms with Crippen LogP contribution in [0.25, 0.3) is 0 Å². The van der Waals surface area contributed by atoms with Gasteiger partial charge in [0.15, 0.2) is 0 Å². The summed E-state index contributed by atoms with van der Waals surface area (Å²) in [6.45, 7) is 10.6. The molecule has 1 aromatic carbocycles. The maximum absolute atomic E-state index is 2.68. The Labute approximate surface area is 106 Å². The van der Waals surface area contributed by atoms with Crippen LogP contribution in [0.15, 0.2) is 30.3 Å². The summed E-state index contributed by atoms with van der Waals surface area (Å²) in [6, 6.07) is 12.4. The van der Waals surface area contributed by atoms with E-state index in [1.165, 1.54) is 18.5 Å². The van der Waals surface area contributed by atoms with Crippen molar-refractivity contribution in [3.63, 3.8) is 0 Å². The lowest BCUT2D eigenvalue weighted by Crippen LogP contribution is -2.38. The van der Waals surface area contributed by atoms with Crippen LogP contribution in [0.3, 0.4) is 0 Å². The normalized spacial score (nSPS) is 26.0. The lowest BCUT2D eigenvalue weighted by molar-refractivity contribution is 0.165. The lowest BCUT2D eigenvalue weighted by atomic mass is 9.92. The molecule has 1 aromatic rings. The fourth-order valence-corrected chi connectivity index (χ4v) is 3.11. The summed E-state index contributed by atoms with van der Waals surface area (Å²) in [7, 11) is 0. The Morgan fingerprint density at radius 3 is 2.18 bits per heavy atom. The van der Waals surface area contributed by atoms with Crippen molar-refractivity contribution in [2.75, 3.05) is 6.54 Å². The van der Waals surface area contributed by atoms with Crippen molar-refractivity contribution in [2.45, 2.75) is 52.1 Å². The summed E-state index contributed by atoms with van der Waals surface area (Å²) >= 11 is 0. The Hall–Kier alpha value is -0.820. The van der Waals surface area contributed by atoms with Crippen LogP contribution in [0.2, 0.25) is 0 Å². The molecule has 0 aliphatic carbocycles. The molecule has 17 heavy (non-hydrogen) atoms. The van der Waals surface area contributed by atoms with Crippen LogP contribution in [0.1, 0.15) is 45.6 Å². The summed E-state index contributed by atoms with van der Waals surface area (Å²) in [5.41, 5.74) is 1.52. The second-order valence-electron chi connectivity index (χ2n) is 5.95. The van der Waals surface area contributed by atoms with E-state index in [1.807, 2.05) is 0 Å². The van der Waals surface area contributed by atoms with Gasteiger partial charge in [-0.25, -0.2) is 0 Å². The molecule has 0 radical (unpaired) electrons. The van der Waals surface area contributed by atoms with Gasteiger partial charge >= 0.3 is 0 Å². The van der Waals surface area contributed by atoms with Gasteiger partial charge in [-0.2, -0.15) is 0 Å². The molecule has 1 aliphatic heterocycles. The first-order chi connectivity index (χ1) is 8.09. The van der Waals surface area contributed by atoms with E-state index in [0.29, 0.717) is 6.04 Å². The number of hydrogen-bond acceptors (Lipinski definition) is 1. The Morgan fingerprint density at radius 2 is 1.71 bits per heavy atom. The number of benzene rings is 1. The summed E-state index contributed by atoms with van der Waals surface area (Å²) in [5, 5.41) is 0. The third-order valence-corrected chi connectivity index (χ3v) is 4.09. The third kappa shape index (κ3) is 2.71. The zero-order valence-corrected chi connectivity index (χ0v) is 11.6. The third-order valence-electron chi connectivity index (χ3n) is 4.09. The highest BCUT2D eigenvalue weighted by Gasteiger charge is 2.35. The number of nitrogens with zero attached hydrogens (tertiary/aromatic N) is 1. The van der Waals surface area contributed by atoms with E-state index >= 15 is 0 Å². The minimum Gasteiger partial charge on any atom is -0.297 e. The molecule has 2 rings (SSSR count). The summed E-state index contributed by atoms with van der Waals surface area (Å²) in [5.74, 6) is 1.48.